The highest BCUT2D eigenvalue weighted by atomic mass is 15.2. The van der Waals surface area contributed by atoms with E-state index in [-0.39, 0.29) is 0 Å². The van der Waals surface area contributed by atoms with Crippen molar-refractivity contribution < 1.29 is 0 Å². The summed E-state index contributed by atoms with van der Waals surface area (Å²) in [5, 5.41) is 9.19. The van der Waals surface area contributed by atoms with Crippen molar-refractivity contribution in [1.29, 1.82) is 5.26 Å². The Morgan fingerprint density at radius 1 is 1.53 bits per heavy atom. The van der Waals surface area contributed by atoms with E-state index in [0.717, 1.165) is 16.8 Å². The highest BCUT2D eigenvalue weighted by molar-refractivity contribution is 5.60. The van der Waals surface area contributed by atoms with Crippen LogP contribution in [0.1, 0.15) is 24.0 Å². The summed E-state index contributed by atoms with van der Waals surface area (Å²) >= 11 is 0. The topological polar surface area (TPSA) is 53.0 Å². The molecule has 17 heavy (non-hydrogen) atoms. The molecule has 0 heterocycles. The number of likely N-dealkylation sites (N-methyl/N-ethyl adjacent to an activating group) is 1. The van der Waals surface area contributed by atoms with Crippen LogP contribution in [-0.2, 0) is 0 Å². The van der Waals surface area contributed by atoms with Crippen LogP contribution < -0.4 is 10.6 Å². The molecule has 0 spiro atoms. The van der Waals surface area contributed by atoms with Crippen molar-refractivity contribution in [3.63, 3.8) is 0 Å². The Balaban J connectivity index is 2.29. The van der Waals surface area contributed by atoms with Crippen molar-refractivity contribution in [2.45, 2.75) is 25.8 Å². The van der Waals surface area contributed by atoms with Crippen LogP contribution in [-0.4, -0.2) is 19.6 Å². The Morgan fingerprint density at radius 2 is 2.24 bits per heavy atom. The average molecular weight is 229 g/mol. The lowest BCUT2D eigenvalue weighted by Crippen LogP contribution is -2.40. The fraction of sp³-hybridized carbons (Fsp3) is 0.500. The standard InChI is InChI=1S/C14H19N3/c1-10-3-6-13(12(7-10)8-15)17(2)14(9-16)11-4-5-11/h3,6-7,11,14H,4-5,9,16H2,1-2H3. The molecule has 1 aliphatic rings. The summed E-state index contributed by atoms with van der Waals surface area (Å²) < 4.78 is 0. The van der Waals surface area contributed by atoms with Gasteiger partial charge in [-0.05, 0) is 43.4 Å². The highest BCUT2D eigenvalue weighted by Crippen LogP contribution is 2.36. The van der Waals surface area contributed by atoms with Gasteiger partial charge < -0.3 is 10.6 Å². The van der Waals surface area contributed by atoms with Gasteiger partial charge in [-0.2, -0.15) is 5.26 Å². The van der Waals surface area contributed by atoms with Gasteiger partial charge in [-0.25, -0.2) is 0 Å². The second kappa shape index (κ2) is 4.77. The summed E-state index contributed by atoms with van der Waals surface area (Å²) in [6.45, 7) is 2.66. The van der Waals surface area contributed by atoms with Crippen LogP contribution in [0.3, 0.4) is 0 Å². The Bertz CT molecular complexity index is 443. The number of aryl methyl sites for hydroxylation is 1. The zero-order chi connectivity index (χ0) is 12.4. The largest absolute Gasteiger partial charge is 0.369 e. The van der Waals surface area contributed by atoms with Gasteiger partial charge in [-0.15, -0.1) is 0 Å². The molecule has 1 aromatic rings. The fourth-order valence-electron chi connectivity index (χ4n) is 2.37. The van der Waals surface area contributed by atoms with E-state index in [2.05, 4.69) is 11.0 Å². The highest BCUT2D eigenvalue weighted by Gasteiger charge is 2.33. The molecule has 0 saturated heterocycles. The minimum absolute atomic E-state index is 0.366. The third-order valence-electron chi connectivity index (χ3n) is 3.56. The smallest absolute Gasteiger partial charge is 0.101 e. The molecule has 1 aliphatic carbocycles. The lowest BCUT2D eigenvalue weighted by Gasteiger charge is -2.30. The van der Waals surface area contributed by atoms with Gasteiger partial charge in [0.2, 0.25) is 0 Å². The quantitative estimate of drug-likeness (QED) is 0.859. The molecule has 1 fully saturated rings. The van der Waals surface area contributed by atoms with Gasteiger partial charge in [0.25, 0.3) is 0 Å². The molecule has 1 aromatic carbocycles. The van der Waals surface area contributed by atoms with Crippen LogP contribution in [0.5, 0.6) is 0 Å². The van der Waals surface area contributed by atoms with Crippen molar-refractivity contribution in [2.75, 3.05) is 18.5 Å². The molecule has 1 unspecified atom stereocenters. The molecule has 1 atom stereocenters. The van der Waals surface area contributed by atoms with E-state index in [1.165, 1.54) is 12.8 Å². The van der Waals surface area contributed by atoms with Crippen LogP contribution in [0.2, 0.25) is 0 Å². The molecule has 0 bridgehead atoms. The van der Waals surface area contributed by atoms with E-state index in [1.54, 1.807) is 0 Å². The molecule has 3 heteroatoms. The fourth-order valence-corrected chi connectivity index (χ4v) is 2.37. The van der Waals surface area contributed by atoms with Crippen molar-refractivity contribution >= 4 is 5.69 Å². The predicted octanol–water partition coefficient (Wildman–Crippen LogP) is 2.04. The number of nitriles is 1. The van der Waals surface area contributed by atoms with Crippen molar-refractivity contribution in [3.8, 4) is 6.07 Å². The molecule has 90 valence electrons. The number of benzene rings is 1. The molecule has 0 radical (unpaired) electrons. The molecule has 0 aliphatic heterocycles. The number of hydrogen-bond acceptors (Lipinski definition) is 3. The molecule has 3 nitrogen and oxygen atoms in total. The second-order valence-corrected chi connectivity index (χ2v) is 4.88. The summed E-state index contributed by atoms with van der Waals surface area (Å²) in [4.78, 5) is 2.18. The molecule has 0 amide bonds. The lowest BCUT2D eigenvalue weighted by molar-refractivity contribution is 0.570. The van der Waals surface area contributed by atoms with E-state index in [9.17, 15) is 5.26 Å². The van der Waals surface area contributed by atoms with Gasteiger partial charge >= 0.3 is 0 Å². The average Bonchev–Trinajstić information content (AvgIpc) is 3.14. The van der Waals surface area contributed by atoms with Crippen molar-refractivity contribution in [3.05, 3.63) is 29.3 Å². The van der Waals surface area contributed by atoms with E-state index < -0.39 is 0 Å². The number of rotatable bonds is 4. The zero-order valence-electron chi connectivity index (χ0n) is 10.5. The predicted molar refractivity (Wildman–Crippen MR) is 69.9 cm³/mol. The molecule has 0 aromatic heterocycles. The maximum absolute atomic E-state index is 9.19. The third-order valence-corrected chi connectivity index (χ3v) is 3.56. The first kappa shape index (κ1) is 11.9. The van der Waals surface area contributed by atoms with Crippen LogP contribution in [0.15, 0.2) is 18.2 Å². The van der Waals surface area contributed by atoms with Crippen LogP contribution in [0.4, 0.5) is 5.69 Å². The number of nitrogens with zero attached hydrogens (tertiary/aromatic N) is 2. The van der Waals surface area contributed by atoms with Crippen LogP contribution >= 0.6 is 0 Å². The second-order valence-electron chi connectivity index (χ2n) is 4.88. The van der Waals surface area contributed by atoms with Gasteiger partial charge in [-0.3, -0.25) is 0 Å². The first-order valence-corrected chi connectivity index (χ1v) is 6.11. The van der Waals surface area contributed by atoms with Crippen LogP contribution in [0, 0.1) is 24.2 Å². The van der Waals surface area contributed by atoms with Crippen LogP contribution in [0.25, 0.3) is 0 Å². The summed E-state index contributed by atoms with van der Waals surface area (Å²) in [5.41, 5.74) is 8.71. The molecule has 1 saturated carbocycles. The Hall–Kier alpha value is -1.53. The Kier molecular flexibility index (Phi) is 3.35. The number of anilines is 1. The van der Waals surface area contributed by atoms with Gasteiger partial charge in [-0.1, -0.05) is 6.07 Å². The van der Waals surface area contributed by atoms with Gasteiger partial charge in [0.05, 0.1) is 11.3 Å². The van der Waals surface area contributed by atoms with E-state index in [0.29, 0.717) is 18.5 Å². The number of hydrogen-bond donors (Lipinski definition) is 1. The van der Waals surface area contributed by atoms with E-state index >= 15 is 0 Å². The van der Waals surface area contributed by atoms with Crippen molar-refractivity contribution in [2.24, 2.45) is 11.7 Å². The van der Waals surface area contributed by atoms with Crippen molar-refractivity contribution in [1.82, 2.24) is 0 Å². The van der Waals surface area contributed by atoms with E-state index in [4.69, 9.17) is 5.73 Å². The minimum atomic E-state index is 0.366. The number of nitrogens with two attached hydrogens (primary N) is 1. The third kappa shape index (κ3) is 2.42. The van der Waals surface area contributed by atoms with Gasteiger partial charge in [0, 0.05) is 19.6 Å². The SMILES string of the molecule is Cc1ccc(N(C)C(CN)C2CC2)c(C#N)c1. The zero-order valence-corrected chi connectivity index (χ0v) is 10.5. The molecule has 2 rings (SSSR count). The minimum Gasteiger partial charge on any atom is -0.369 e. The van der Waals surface area contributed by atoms with Gasteiger partial charge in [0.1, 0.15) is 6.07 Å². The normalized spacial score (nSPS) is 16.4. The summed E-state index contributed by atoms with van der Waals surface area (Å²) in [6.07, 6.45) is 2.53. The maximum Gasteiger partial charge on any atom is 0.101 e. The summed E-state index contributed by atoms with van der Waals surface area (Å²) in [5.74, 6) is 0.706. The molecular formula is C14H19N3. The monoisotopic (exact) mass is 229 g/mol. The Labute approximate surface area is 103 Å². The first-order valence-electron chi connectivity index (χ1n) is 6.11. The Morgan fingerprint density at radius 3 is 2.76 bits per heavy atom. The summed E-state index contributed by atoms with van der Waals surface area (Å²) in [6, 6.07) is 8.65. The molecule has 2 N–H and O–H groups in total. The summed E-state index contributed by atoms with van der Waals surface area (Å²) in [7, 11) is 2.04. The first-order chi connectivity index (χ1) is 8.17. The maximum atomic E-state index is 9.19. The molecular weight excluding hydrogens is 210 g/mol. The lowest BCUT2D eigenvalue weighted by atomic mass is 10.1. The van der Waals surface area contributed by atoms with Gasteiger partial charge in [0.15, 0.2) is 0 Å². The van der Waals surface area contributed by atoms with E-state index in [1.807, 2.05) is 32.2 Å².